The quantitative estimate of drug-likeness (QED) is 0.746. The summed E-state index contributed by atoms with van der Waals surface area (Å²) in [6.45, 7) is 6.45. The molecule has 4 nitrogen and oxygen atoms in total. The summed E-state index contributed by atoms with van der Waals surface area (Å²) in [4.78, 5) is 14.1. The Morgan fingerprint density at radius 2 is 1.88 bits per heavy atom. The number of carbonyl (C=O) groups is 1. The highest BCUT2D eigenvalue weighted by molar-refractivity contribution is 5.96. The number of anilines is 1. The number of nitrogens with zero attached hydrogens (tertiary/aromatic N) is 1. The van der Waals surface area contributed by atoms with E-state index in [0.29, 0.717) is 37.6 Å². The lowest BCUT2D eigenvalue weighted by molar-refractivity contribution is 0.0302. The normalized spacial score (nSPS) is 16.0. The number of ether oxygens (including phenoxy) is 1. The standard InChI is InChI=1S/C13H18N2O2/c1-9-7-10(2)12(14)8-11(9)13(16)15-3-5-17-6-4-15/h7-8H,3-6,14H2,1-2H3. The van der Waals surface area contributed by atoms with Crippen molar-refractivity contribution in [1.82, 2.24) is 4.90 Å². The van der Waals surface area contributed by atoms with E-state index < -0.39 is 0 Å². The average Bonchev–Trinajstić information content (AvgIpc) is 2.34. The molecule has 1 aromatic carbocycles. The number of aryl methyl sites for hydroxylation is 2. The third kappa shape index (κ3) is 2.42. The zero-order valence-corrected chi connectivity index (χ0v) is 10.3. The van der Waals surface area contributed by atoms with Crippen LogP contribution in [0.2, 0.25) is 0 Å². The van der Waals surface area contributed by atoms with Gasteiger partial charge in [-0.15, -0.1) is 0 Å². The Labute approximate surface area is 101 Å². The van der Waals surface area contributed by atoms with Crippen molar-refractivity contribution in [3.63, 3.8) is 0 Å². The van der Waals surface area contributed by atoms with Gasteiger partial charge in [0.2, 0.25) is 0 Å². The fourth-order valence-electron chi connectivity index (χ4n) is 2.04. The molecule has 1 saturated heterocycles. The molecule has 0 aromatic heterocycles. The number of amides is 1. The molecular weight excluding hydrogens is 216 g/mol. The molecular formula is C13H18N2O2. The molecule has 1 aromatic rings. The second kappa shape index (κ2) is 4.75. The highest BCUT2D eigenvalue weighted by atomic mass is 16.5. The van der Waals surface area contributed by atoms with Crippen molar-refractivity contribution in [3.05, 3.63) is 28.8 Å². The van der Waals surface area contributed by atoms with E-state index in [4.69, 9.17) is 10.5 Å². The van der Waals surface area contributed by atoms with Crippen LogP contribution in [0.25, 0.3) is 0 Å². The number of nitrogen functional groups attached to an aromatic ring is 1. The highest BCUT2D eigenvalue weighted by Crippen LogP contribution is 2.19. The van der Waals surface area contributed by atoms with Crippen LogP contribution in [0.1, 0.15) is 21.5 Å². The van der Waals surface area contributed by atoms with Crippen molar-refractivity contribution in [2.75, 3.05) is 32.0 Å². The molecule has 0 atom stereocenters. The summed E-state index contributed by atoms with van der Waals surface area (Å²) in [7, 11) is 0. The summed E-state index contributed by atoms with van der Waals surface area (Å²) in [6.07, 6.45) is 0. The second-order valence-corrected chi connectivity index (χ2v) is 4.43. The number of nitrogens with two attached hydrogens (primary N) is 1. The van der Waals surface area contributed by atoms with E-state index in [0.717, 1.165) is 11.1 Å². The first-order valence-electron chi connectivity index (χ1n) is 5.83. The predicted molar refractivity (Wildman–Crippen MR) is 67.1 cm³/mol. The smallest absolute Gasteiger partial charge is 0.254 e. The molecule has 1 heterocycles. The molecule has 17 heavy (non-hydrogen) atoms. The Balaban J connectivity index is 2.26. The average molecular weight is 234 g/mol. The van der Waals surface area contributed by atoms with Crippen LogP contribution in [0, 0.1) is 13.8 Å². The Kier molecular flexibility index (Phi) is 3.33. The molecule has 2 rings (SSSR count). The first-order chi connectivity index (χ1) is 8.09. The molecule has 0 unspecified atom stereocenters. The number of carbonyl (C=O) groups excluding carboxylic acids is 1. The maximum absolute atomic E-state index is 12.3. The third-order valence-corrected chi connectivity index (χ3v) is 3.14. The predicted octanol–water partition coefficient (Wildman–Crippen LogP) is 1.36. The number of morpholine rings is 1. The number of hydrogen-bond donors (Lipinski definition) is 1. The molecule has 1 aliphatic heterocycles. The van der Waals surface area contributed by atoms with Crippen LogP contribution in [0.4, 0.5) is 5.69 Å². The number of rotatable bonds is 1. The molecule has 2 N–H and O–H groups in total. The van der Waals surface area contributed by atoms with Crippen molar-refractivity contribution >= 4 is 11.6 Å². The molecule has 4 heteroatoms. The van der Waals surface area contributed by atoms with Crippen LogP contribution in [-0.4, -0.2) is 37.1 Å². The Hall–Kier alpha value is -1.55. The van der Waals surface area contributed by atoms with Crippen LogP contribution in [0.15, 0.2) is 12.1 Å². The lowest BCUT2D eigenvalue weighted by atomic mass is 10.0. The molecule has 0 radical (unpaired) electrons. The van der Waals surface area contributed by atoms with Crippen molar-refractivity contribution in [1.29, 1.82) is 0 Å². The van der Waals surface area contributed by atoms with Crippen molar-refractivity contribution < 1.29 is 9.53 Å². The third-order valence-electron chi connectivity index (χ3n) is 3.14. The maximum Gasteiger partial charge on any atom is 0.254 e. The monoisotopic (exact) mass is 234 g/mol. The van der Waals surface area contributed by atoms with Crippen LogP contribution in [0.3, 0.4) is 0 Å². The minimum absolute atomic E-state index is 0.0532. The van der Waals surface area contributed by atoms with E-state index in [1.54, 1.807) is 6.07 Å². The van der Waals surface area contributed by atoms with Crippen molar-refractivity contribution in [3.8, 4) is 0 Å². The SMILES string of the molecule is Cc1cc(C)c(C(=O)N2CCOCC2)cc1N. The number of benzene rings is 1. The zero-order chi connectivity index (χ0) is 12.4. The lowest BCUT2D eigenvalue weighted by Crippen LogP contribution is -2.41. The van der Waals surface area contributed by atoms with Gasteiger partial charge in [0.1, 0.15) is 0 Å². The van der Waals surface area contributed by atoms with E-state index in [1.165, 1.54) is 0 Å². The van der Waals surface area contributed by atoms with Gasteiger partial charge in [-0.1, -0.05) is 6.07 Å². The van der Waals surface area contributed by atoms with Crippen LogP contribution >= 0.6 is 0 Å². The Bertz CT molecular complexity index is 437. The molecule has 0 saturated carbocycles. The van der Waals surface area contributed by atoms with Gasteiger partial charge in [0.15, 0.2) is 0 Å². The summed E-state index contributed by atoms with van der Waals surface area (Å²) < 4.78 is 5.24. The minimum atomic E-state index is 0.0532. The van der Waals surface area contributed by atoms with Gasteiger partial charge < -0.3 is 15.4 Å². The topological polar surface area (TPSA) is 55.6 Å². The first kappa shape index (κ1) is 11.9. The van der Waals surface area contributed by atoms with E-state index in [1.807, 2.05) is 24.8 Å². The molecule has 0 aliphatic carbocycles. The highest BCUT2D eigenvalue weighted by Gasteiger charge is 2.20. The van der Waals surface area contributed by atoms with E-state index >= 15 is 0 Å². The molecule has 0 spiro atoms. The van der Waals surface area contributed by atoms with Gasteiger partial charge in [0.05, 0.1) is 13.2 Å². The van der Waals surface area contributed by atoms with E-state index in [9.17, 15) is 4.79 Å². The van der Waals surface area contributed by atoms with Crippen LogP contribution in [0.5, 0.6) is 0 Å². The molecule has 1 fully saturated rings. The summed E-state index contributed by atoms with van der Waals surface area (Å²) in [5.41, 5.74) is 9.23. The zero-order valence-electron chi connectivity index (χ0n) is 10.3. The van der Waals surface area contributed by atoms with Gasteiger partial charge in [-0.25, -0.2) is 0 Å². The summed E-state index contributed by atoms with van der Waals surface area (Å²) in [5, 5.41) is 0. The van der Waals surface area contributed by atoms with Gasteiger partial charge in [-0.3, -0.25) is 4.79 Å². The lowest BCUT2D eigenvalue weighted by Gasteiger charge is -2.27. The van der Waals surface area contributed by atoms with Crippen molar-refractivity contribution in [2.45, 2.75) is 13.8 Å². The minimum Gasteiger partial charge on any atom is -0.398 e. The molecule has 1 aliphatic rings. The van der Waals surface area contributed by atoms with Gasteiger partial charge in [-0.05, 0) is 31.0 Å². The fraction of sp³-hybridized carbons (Fsp3) is 0.462. The van der Waals surface area contributed by atoms with Gasteiger partial charge >= 0.3 is 0 Å². The van der Waals surface area contributed by atoms with E-state index in [2.05, 4.69) is 0 Å². The Morgan fingerprint density at radius 1 is 1.24 bits per heavy atom. The number of hydrogen-bond acceptors (Lipinski definition) is 3. The van der Waals surface area contributed by atoms with Crippen LogP contribution in [-0.2, 0) is 4.74 Å². The van der Waals surface area contributed by atoms with Gasteiger partial charge in [0, 0.05) is 24.3 Å². The first-order valence-corrected chi connectivity index (χ1v) is 5.83. The van der Waals surface area contributed by atoms with Crippen LogP contribution < -0.4 is 5.73 Å². The van der Waals surface area contributed by atoms with Gasteiger partial charge in [0.25, 0.3) is 5.91 Å². The largest absolute Gasteiger partial charge is 0.398 e. The second-order valence-electron chi connectivity index (χ2n) is 4.43. The summed E-state index contributed by atoms with van der Waals surface area (Å²) in [5.74, 6) is 0.0532. The molecule has 92 valence electrons. The van der Waals surface area contributed by atoms with E-state index in [-0.39, 0.29) is 5.91 Å². The summed E-state index contributed by atoms with van der Waals surface area (Å²) >= 11 is 0. The van der Waals surface area contributed by atoms with Crippen molar-refractivity contribution in [2.24, 2.45) is 0 Å². The Morgan fingerprint density at radius 3 is 2.53 bits per heavy atom. The fourth-order valence-corrected chi connectivity index (χ4v) is 2.04. The summed E-state index contributed by atoms with van der Waals surface area (Å²) in [6, 6.07) is 3.74. The molecule has 0 bridgehead atoms. The molecule has 1 amide bonds. The van der Waals surface area contributed by atoms with Gasteiger partial charge in [-0.2, -0.15) is 0 Å². The maximum atomic E-state index is 12.3.